The van der Waals surface area contributed by atoms with E-state index in [1.165, 1.54) is 0 Å². The number of hydrogen-bond acceptors (Lipinski definition) is 4. The molecule has 142 valence electrons. The van der Waals surface area contributed by atoms with E-state index in [0.29, 0.717) is 41.6 Å². The normalized spacial score (nSPS) is 11.0. The van der Waals surface area contributed by atoms with Gasteiger partial charge < -0.3 is 14.8 Å². The highest BCUT2D eigenvalue weighted by atomic mass is 16.5. The van der Waals surface area contributed by atoms with Crippen LogP contribution in [0.15, 0.2) is 42.6 Å². The lowest BCUT2D eigenvalue weighted by Crippen LogP contribution is -2.17. The summed E-state index contributed by atoms with van der Waals surface area (Å²) >= 11 is 0. The average Bonchev–Trinajstić information content (AvgIpc) is 3.03. The van der Waals surface area contributed by atoms with Crippen LogP contribution in [0.1, 0.15) is 43.9 Å². The van der Waals surface area contributed by atoms with Gasteiger partial charge in [0.2, 0.25) is 0 Å². The van der Waals surface area contributed by atoms with Gasteiger partial charge in [0.15, 0.2) is 11.4 Å². The van der Waals surface area contributed by atoms with Crippen LogP contribution in [0, 0.1) is 0 Å². The fourth-order valence-electron chi connectivity index (χ4n) is 2.95. The number of rotatable bonds is 7. The van der Waals surface area contributed by atoms with Crippen LogP contribution < -0.4 is 14.8 Å². The number of fused-ring (bicyclic) bond motifs is 1. The van der Waals surface area contributed by atoms with Crippen molar-refractivity contribution in [1.29, 1.82) is 0 Å². The summed E-state index contributed by atoms with van der Waals surface area (Å²) < 4.78 is 13.2. The second kappa shape index (κ2) is 8.12. The second-order valence-electron chi connectivity index (χ2n) is 6.38. The summed E-state index contributed by atoms with van der Waals surface area (Å²) in [6, 6.07) is 11.1. The Kier molecular flexibility index (Phi) is 5.64. The molecule has 2 aromatic heterocycles. The highest BCUT2D eigenvalue weighted by molar-refractivity contribution is 6.05. The molecule has 3 rings (SSSR count). The van der Waals surface area contributed by atoms with Crippen LogP contribution in [0.25, 0.3) is 5.65 Å². The second-order valence-corrected chi connectivity index (χ2v) is 6.38. The molecule has 0 spiro atoms. The van der Waals surface area contributed by atoms with E-state index in [1.807, 2.05) is 70.3 Å². The number of hydrogen-bond donors (Lipinski definition) is 1. The summed E-state index contributed by atoms with van der Waals surface area (Å²) in [5.74, 6) is 1.08. The Bertz CT molecular complexity index is 947. The predicted molar refractivity (Wildman–Crippen MR) is 106 cm³/mol. The SMILES string of the molecule is CCOc1cccn2c(C(=O)Nc3ccccc3OC(C)C)c(CC)nc12. The van der Waals surface area contributed by atoms with Crippen molar-refractivity contribution in [3.05, 3.63) is 54.0 Å². The van der Waals surface area contributed by atoms with Gasteiger partial charge in [-0.1, -0.05) is 19.1 Å². The summed E-state index contributed by atoms with van der Waals surface area (Å²) in [7, 11) is 0. The van der Waals surface area contributed by atoms with Gasteiger partial charge in [-0.05, 0) is 51.5 Å². The third-order valence-corrected chi connectivity index (χ3v) is 4.03. The molecule has 0 aliphatic rings. The Labute approximate surface area is 159 Å². The van der Waals surface area contributed by atoms with E-state index >= 15 is 0 Å². The van der Waals surface area contributed by atoms with Crippen LogP contribution >= 0.6 is 0 Å². The van der Waals surface area contributed by atoms with Crippen molar-refractivity contribution in [2.24, 2.45) is 0 Å². The molecule has 2 heterocycles. The minimum atomic E-state index is -0.229. The molecule has 0 atom stereocenters. The highest BCUT2D eigenvalue weighted by Gasteiger charge is 2.21. The molecule has 6 heteroatoms. The molecule has 6 nitrogen and oxygen atoms in total. The van der Waals surface area contributed by atoms with Crippen molar-refractivity contribution in [2.75, 3.05) is 11.9 Å². The van der Waals surface area contributed by atoms with Crippen molar-refractivity contribution in [1.82, 2.24) is 9.38 Å². The number of pyridine rings is 1. The first-order chi connectivity index (χ1) is 13.0. The number of imidazole rings is 1. The largest absolute Gasteiger partial charge is 0.490 e. The fraction of sp³-hybridized carbons (Fsp3) is 0.333. The van der Waals surface area contributed by atoms with Crippen molar-refractivity contribution in [2.45, 2.75) is 40.2 Å². The van der Waals surface area contributed by atoms with E-state index in [-0.39, 0.29) is 12.0 Å². The first-order valence-corrected chi connectivity index (χ1v) is 9.24. The molecule has 1 amide bonds. The van der Waals surface area contributed by atoms with Gasteiger partial charge in [-0.2, -0.15) is 0 Å². The molecule has 0 aliphatic carbocycles. The number of carbonyl (C=O) groups is 1. The summed E-state index contributed by atoms with van der Waals surface area (Å²) in [4.78, 5) is 17.7. The number of anilines is 1. The lowest BCUT2D eigenvalue weighted by atomic mass is 10.2. The number of aryl methyl sites for hydroxylation is 1. The van der Waals surface area contributed by atoms with E-state index < -0.39 is 0 Å². The van der Waals surface area contributed by atoms with Crippen molar-refractivity contribution >= 4 is 17.2 Å². The number of nitrogens with zero attached hydrogens (tertiary/aromatic N) is 2. The van der Waals surface area contributed by atoms with Crippen LogP contribution in [0.4, 0.5) is 5.69 Å². The maximum atomic E-state index is 13.1. The topological polar surface area (TPSA) is 64.9 Å². The monoisotopic (exact) mass is 367 g/mol. The highest BCUT2D eigenvalue weighted by Crippen LogP contribution is 2.27. The molecule has 1 aromatic carbocycles. The number of nitrogens with one attached hydrogen (secondary N) is 1. The molecule has 0 saturated heterocycles. The van der Waals surface area contributed by atoms with E-state index in [0.717, 1.165) is 5.69 Å². The molecular weight excluding hydrogens is 342 g/mol. The van der Waals surface area contributed by atoms with Crippen LogP contribution in [0.2, 0.25) is 0 Å². The van der Waals surface area contributed by atoms with Crippen LogP contribution in [-0.2, 0) is 6.42 Å². The molecule has 0 saturated carbocycles. The van der Waals surface area contributed by atoms with Crippen molar-refractivity contribution < 1.29 is 14.3 Å². The van der Waals surface area contributed by atoms with Gasteiger partial charge in [0, 0.05) is 6.20 Å². The lowest BCUT2D eigenvalue weighted by Gasteiger charge is -2.15. The Balaban J connectivity index is 2.00. The minimum absolute atomic E-state index is 0.0128. The summed E-state index contributed by atoms with van der Waals surface area (Å²) in [5.41, 5.74) is 2.51. The predicted octanol–water partition coefficient (Wildman–Crippen LogP) is 4.33. The Hall–Kier alpha value is -3.02. The average molecular weight is 367 g/mol. The van der Waals surface area contributed by atoms with E-state index in [1.54, 1.807) is 4.40 Å². The Morgan fingerprint density at radius 3 is 2.59 bits per heavy atom. The maximum Gasteiger partial charge on any atom is 0.274 e. The molecule has 0 unspecified atom stereocenters. The number of carbonyl (C=O) groups excluding carboxylic acids is 1. The Morgan fingerprint density at radius 2 is 1.89 bits per heavy atom. The van der Waals surface area contributed by atoms with Gasteiger partial charge in [0.1, 0.15) is 11.4 Å². The van der Waals surface area contributed by atoms with Crippen molar-refractivity contribution in [3.63, 3.8) is 0 Å². The number of ether oxygens (including phenoxy) is 2. The zero-order valence-electron chi connectivity index (χ0n) is 16.2. The van der Waals surface area contributed by atoms with Crippen LogP contribution in [0.3, 0.4) is 0 Å². The third kappa shape index (κ3) is 3.89. The maximum absolute atomic E-state index is 13.1. The molecule has 0 bridgehead atoms. The zero-order chi connectivity index (χ0) is 19.4. The van der Waals surface area contributed by atoms with Gasteiger partial charge >= 0.3 is 0 Å². The van der Waals surface area contributed by atoms with Crippen molar-refractivity contribution in [3.8, 4) is 11.5 Å². The van der Waals surface area contributed by atoms with Gasteiger partial charge in [-0.15, -0.1) is 0 Å². The molecule has 27 heavy (non-hydrogen) atoms. The molecule has 0 fully saturated rings. The van der Waals surface area contributed by atoms with E-state index in [2.05, 4.69) is 10.3 Å². The number of para-hydroxylation sites is 2. The molecule has 1 N–H and O–H groups in total. The first kappa shape index (κ1) is 18.8. The minimum Gasteiger partial charge on any atom is -0.490 e. The van der Waals surface area contributed by atoms with E-state index in [4.69, 9.17) is 9.47 Å². The van der Waals surface area contributed by atoms with E-state index in [9.17, 15) is 4.79 Å². The van der Waals surface area contributed by atoms with Gasteiger partial charge in [0.25, 0.3) is 5.91 Å². The quantitative estimate of drug-likeness (QED) is 0.675. The summed E-state index contributed by atoms with van der Waals surface area (Å²) in [5, 5.41) is 2.97. The molecule has 0 aliphatic heterocycles. The smallest absolute Gasteiger partial charge is 0.274 e. The third-order valence-electron chi connectivity index (χ3n) is 4.03. The zero-order valence-corrected chi connectivity index (χ0v) is 16.2. The fourth-order valence-corrected chi connectivity index (χ4v) is 2.95. The van der Waals surface area contributed by atoms with Crippen LogP contribution in [-0.4, -0.2) is 28.0 Å². The molecular formula is C21H25N3O3. The summed E-state index contributed by atoms with van der Waals surface area (Å²) in [6.07, 6.45) is 2.48. The van der Waals surface area contributed by atoms with Gasteiger partial charge in [-0.25, -0.2) is 4.98 Å². The lowest BCUT2D eigenvalue weighted by molar-refractivity contribution is 0.101. The Morgan fingerprint density at radius 1 is 1.15 bits per heavy atom. The first-order valence-electron chi connectivity index (χ1n) is 9.24. The standard InChI is InChI=1S/C21H25N3O3/c1-5-15-19(24-13-9-12-18(26-6-2)20(24)22-15)21(25)23-16-10-7-8-11-17(16)27-14(3)4/h7-14H,5-6H2,1-4H3,(H,23,25). The molecule has 3 aromatic rings. The summed E-state index contributed by atoms with van der Waals surface area (Å²) in [6.45, 7) is 8.34. The molecule has 0 radical (unpaired) electrons. The van der Waals surface area contributed by atoms with Gasteiger partial charge in [0.05, 0.1) is 24.1 Å². The number of amides is 1. The number of aromatic nitrogens is 2. The number of benzene rings is 1. The van der Waals surface area contributed by atoms with Crippen LogP contribution in [0.5, 0.6) is 11.5 Å². The van der Waals surface area contributed by atoms with Gasteiger partial charge in [-0.3, -0.25) is 9.20 Å².